The predicted molar refractivity (Wildman–Crippen MR) is 16.4 cm³/mol. The van der Waals surface area contributed by atoms with E-state index in [2.05, 4.69) is 0 Å². The molecule has 0 saturated heterocycles. The Hall–Kier alpha value is 2.01. The summed E-state index contributed by atoms with van der Waals surface area (Å²) in [7, 11) is 0. The maximum absolute atomic E-state index is 0. The van der Waals surface area contributed by atoms with Gasteiger partial charge in [0, 0.05) is 53.8 Å². The van der Waals surface area contributed by atoms with Crippen molar-refractivity contribution in [3.63, 3.8) is 0 Å². The van der Waals surface area contributed by atoms with E-state index >= 15 is 0 Å². The molecule has 0 atom stereocenters. The van der Waals surface area contributed by atoms with Crippen LogP contribution in [0.5, 0.6) is 0 Å². The Morgan fingerprint density at radius 2 is 1.00 bits per heavy atom. The molecule has 0 aliphatic heterocycles. The molecule has 0 unspecified atom stereocenters. The fourth-order valence-electron chi connectivity index (χ4n) is 0. The van der Waals surface area contributed by atoms with Crippen LogP contribution >= 0.6 is 0 Å². The van der Waals surface area contributed by atoms with Gasteiger partial charge in [-0.2, -0.15) is 0 Å². The standard InChI is InChI=1S/CH3.H3Si.W.Y/h2*1H3;;/q-1;;;. The SMILES string of the molecule is [CH3-].[SiH3].[W].[Y]. The van der Waals surface area contributed by atoms with Gasteiger partial charge < -0.3 is 7.43 Å². The molecule has 24 valence electrons. The van der Waals surface area contributed by atoms with Crippen molar-refractivity contribution < 1.29 is 53.8 Å². The second-order valence-corrected chi connectivity index (χ2v) is 0. The van der Waals surface area contributed by atoms with Gasteiger partial charge in [0.15, 0.2) is 0 Å². The van der Waals surface area contributed by atoms with Crippen molar-refractivity contribution in [3.8, 4) is 0 Å². The molecule has 0 amide bonds. The van der Waals surface area contributed by atoms with Crippen LogP contribution in [0, 0.1) is 7.43 Å². The van der Waals surface area contributed by atoms with Crippen molar-refractivity contribution >= 4 is 11.0 Å². The molecule has 0 aromatic rings. The smallest absolute Gasteiger partial charge is 0 e. The van der Waals surface area contributed by atoms with Crippen LogP contribution < -0.4 is 0 Å². The van der Waals surface area contributed by atoms with Gasteiger partial charge in [-0.25, -0.2) is 0 Å². The minimum atomic E-state index is 0. The molecule has 0 heterocycles. The first kappa shape index (κ1) is 37.4. The van der Waals surface area contributed by atoms with Crippen molar-refractivity contribution in [2.24, 2.45) is 0 Å². The van der Waals surface area contributed by atoms with Crippen LogP contribution in [0.25, 0.3) is 0 Å². The van der Waals surface area contributed by atoms with E-state index in [0.717, 1.165) is 0 Å². The van der Waals surface area contributed by atoms with Crippen LogP contribution in [0.1, 0.15) is 0 Å². The van der Waals surface area contributed by atoms with Crippen molar-refractivity contribution in [2.75, 3.05) is 0 Å². The molecular weight excluding hydrogens is 313 g/mol. The van der Waals surface area contributed by atoms with Crippen LogP contribution in [0.3, 0.4) is 0 Å². The van der Waals surface area contributed by atoms with E-state index in [1.165, 1.54) is 0 Å². The first-order chi connectivity index (χ1) is 0. The van der Waals surface area contributed by atoms with Crippen LogP contribution in [0.15, 0.2) is 0 Å². The van der Waals surface area contributed by atoms with Gasteiger partial charge in [-0.1, -0.05) is 0 Å². The molecule has 0 N–H and O–H groups in total. The molecule has 0 nitrogen and oxygen atoms in total. The van der Waals surface area contributed by atoms with E-state index in [0.29, 0.717) is 0 Å². The fourth-order valence-corrected chi connectivity index (χ4v) is 0. The molecule has 0 aliphatic rings. The van der Waals surface area contributed by atoms with Gasteiger partial charge in [-0.15, -0.1) is 0 Å². The summed E-state index contributed by atoms with van der Waals surface area (Å²) < 4.78 is 0. The largest absolute Gasteiger partial charge is 0.358 e. The molecule has 0 aromatic carbocycles. The van der Waals surface area contributed by atoms with Gasteiger partial charge in [0.05, 0.1) is 0 Å². The maximum Gasteiger partial charge on any atom is 0 e. The van der Waals surface area contributed by atoms with Crippen molar-refractivity contribution in [3.05, 3.63) is 7.43 Å². The molecule has 2 radical (unpaired) electrons. The normalized spacial score (nSPS) is 0. The monoisotopic (exact) mass is 319 g/mol. The topological polar surface area (TPSA) is 0 Å². The molecule has 0 fully saturated rings. The van der Waals surface area contributed by atoms with Gasteiger partial charge in [-0.3, -0.25) is 0 Å². The average molecular weight is 319 g/mol. The van der Waals surface area contributed by atoms with Crippen LogP contribution in [-0.4, -0.2) is 11.0 Å². The van der Waals surface area contributed by atoms with E-state index in [-0.39, 0.29) is 72.2 Å². The molecule has 0 aliphatic carbocycles. The summed E-state index contributed by atoms with van der Waals surface area (Å²) >= 11 is 0. The third kappa shape index (κ3) is 8.99. The first-order valence-corrected chi connectivity index (χ1v) is 0. The molecular formula is CH6SiWY-. The third-order valence-electron chi connectivity index (χ3n) is 0. The van der Waals surface area contributed by atoms with Gasteiger partial charge in [0.2, 0.25) is 0 Å². The van der Waals surface area contributed by atoms with Crippen molar-refractivity contribution in [2.45, 2.75) is 0 Å². The van der Waals surface area contributed by atoms with Gasteiger partial charge in [0.1, 0.15) is 0 Å². The summed E-state index contributed by atoms with van der Waals surface area (Å²) in [6.07, 6.45) is 0. The van der Waals surface area contributed by atoms with E-state index < -0.39 is 0 Å². The Morgan fingerprint density at radius 1 is 1.00 bits per heavy atom. The van der Waals surface area contributed by atoms with Crippen molar-refractivity contribution in [1.29, 1.82) is 0 Å². The Labute approximate surface area is 71.3 Å². The number of hydrogen-bond acceptors (Lipinski definition) is 0. The average Bonchev–Trinajstić information content (AvgIpc) is 0. The Kier molecular flexibility index (Phi) is 186. The summed E-state index contributed by atoms with van der Waals surface area (Å²) in [5.41, 5.74) is 0. The van der Waals surface area contributed by atoms with Crippen molar-refractivity contribution in [1.82, 2.24) is 0 Å². The first-order valence-electron chi connectivity index (χ1n) is 0. The number of hydrogen-bond donors (Lipinski definition) is 0. The quantitative estimate of drug-likeness (QED) is 0.408. The molecule has 3 heteroatoms. The Morgan fingerprint density at radius 3 is 1.00 bits per heavy atom. The van der Waals surface area contributed by atoms with Gasteiger partial charge >= 0.3 is 0 Å². The Bertz CT molecular complexity index is 8.00. The number of rotatable bonds is 0. The zero-order valence-corrected chi connectivity index (χ0v) is 10.8. The van der Waals surface area contributed by atoms with E-state index in [1.54, 1.807) is 0 Å². The zero-order valence-electron chi connectivity index (χ0n) is 2.99. The summed E-state index contributed by atoms with van der Waals surface area (Å²) in [5, 5.41) is 0. The zero-order chi connectivity index (χ0) is 0. The molecule has 0 rings (SSSR count). The van der Waals surface area contributed by atoms with E-state index in [1.807, 2.05) is 0 Å². The summed E-state index contributed by atoms with van der Waals surface area (Å²) in [4.78, 5) is 0. The fraction of sp³-hybridized carbons (Fsp3) is 0. The second kappa shape index (κ2) is 19.9. The van der Waals surface area contributed by atoms with E-state index in [9.17, 15) is 0 Å². The molecule has 0 bridgehead atoms. The summed E-state index contributed by atoms with van der Waals surface area (Å²) in [6, 6.07) is 0. The van der Waals surface area contributed by atoms with Gasteiger partial charge in [0.25, 0.3) is 0 Å². The van der Waals surface area contributed by atoms with Crippen LogP contribution in [-0.2, 0) is 53.8 Å². The molecule has 0 saturated carbocycles. The van der Waals surface area contributed by atoms with Gasteiger partial charge in [-0.05, 0) is 11.0 Å². The van der Waals surface area contributed by atoms with Crippen LogP contribution in [0.4, 0.5) is 0 Å². The Balaban J connectivity index is 0. The molecule has 4 heavy (non-hydrogen) atoms. The minimum Gasteiger partial charge on any atom is -0.358 e. The predicted octanol–water partition coefficient (Wildman–Crippen LogP) is -0.739. The third-order valence-corrected chi connectivity index (χ3v) is 0. The molecule has 0 aromatic heterocycles. The summed E-state index contributed by atoms with van der Waals surface area (Å²) in [5.74, 6) is 0. The maximum atomic E-state index is 0. The minimum absolute atomic E-state index is 0. The molecule has 0 spiro atoms. The van der Waals surface area contributed by atoms with Crippen LogP contribution in [0.2, 0.25) is 0 Å². The second-order valence-electron chi connectivity index (χ2n) is 0. The van der Waals surface area contributed by atoms with E-state index in [4.69, 9.17) is 0 Å². The summed E-state index contributed by atoms with van der Waals surface area (Å²) in [6.45, 7) is 0.